The minimum Gasteiger partial charge on any atom is -0.0654 e. The van der Waals surface area contributed by atoms with E-state index in [1.807, 2.05) is 0 Å². The molecule has 0 radical (unpaired) electrons. The molecule has 0 aliphatic heterocycles. The summed E-state index contributed by atoms with van der Waals surface area (Å²) in [7, 11) is 0. The summed E-state index contributed by atoms with van der Waals surface area (Å²) in [6.07, 6.45) is 32.3. The van der Waals surface area contributed by atoms with Crippen LogP contribution < -0.4 is 0 Å². The molecule has 0 fully saturated rings. The van der Waals surface area contributed by atoms with Crippen LogP contribution in [-0.4, -0.2) is 0 Å². The molecule has 0 amide bonds. The molecule has 0 N–H and O–H groups in total. The van der Waals surface area contributed by atoms with Crippen molar-refractivity contribution in [2.75, 3.05) is 0 Å². The zero-order valence-electron chi connectivity index (χ0n) is 25.5. The molecule has 214 valence electrons. The lowest BCUT2D eigenvalue weighted by Crippen LogP contribution is -2.28. The average molecular weight is 519 g/mol. The van der Waals surface area contributed by atoms with Crippen molar-refractivity contribution in [3.63, 3.8) is 0 Å². The Bertz CT molecular complexity index is 707. The molecule has 2 aromatic rings. The molecule has 0 heteroatoms. The lowest BCUT2D eigenvalue weighted by molar-refractivity contribution is 0.390. The Balaban J connectivity index is 1.71. The zero-order valence-corrected chi connectivity index (χ0v) is 25.5. The van der Waals surface area contributed by atoms with E-state index in [2.05, 4.69) is 74.5 Å². The van der Waals surface area contributed by atoms with Gasteiger partial charge in [0.15, 0.2) is 0 Å². The normalized spacial score (nSPS) is 11.7. The van der Waals surface area contributed by atoms with Crippen molar-refractivity contribution < 1.29 is 0 Å². The van der Waals surface area contributed by atoms with Crippen LogP contribution in [0.15, 0.2) is 60.7 Å². The SMILES string of the molecule is CCCCCCCCCCCCCCCCCCC(CCCCCCC)(c1ccccc1)c1ccccc1. The Kier molecular flexibility index (Phi) is 19.1. The van der Waals surface area contributed by atoms with E-state index in [0.29, 0.717) is 0 Å². The standard InChI is InChI=1S/C38H62/c1-3-5-7-9-10-11-12-13-14-15-16-17-18-19-21-29-35-38(34-28-20-8-6-4-2,36-30-24-22-25-31-36)37-32-26-23-27-33-37/h22-27,30-33H,3-21,28-29,34-35H2,1-2H3. The van der Waals surface area contributed by atoms with Crippen LogP contribution in [0.2, 0.25) is 0 Å². The number of hydrogen-bond acceptors (Lipinski definition) is 0. The summed E-state index contributed by atoms with van der Waals surface area (Å²) < 4.78 is 0. The summed E-state index contributed by atoms with van der Waals surface area (Å²) in [5, 5.41) is 0. The number of rotatable bonds is 25. The van der Waals surface area contributed by atoms with Crippen LogP contribution in [0.5, 0.6) is 0 Å². The number of hydrogen-bond donors (Lipinski definition) is 0. The maximum absolute atomic E-state index is 2.39. The summed E-state index contributed by atoms with van der Waals surface area (Å²) in [6, 6.07) is 22.9. The smallest absolute Gasteiger partial charge is 0.0202 e. The molecular weight excluding hydrogens is 456 g/mol. The Labute approximate surface area is 238 Å². The van der Waals surface area contributed by atoms with Gasteiger partial charge in [-0.15, -0.1) is 0 Å². The maximum Gasteiger partial charge on any atom is 0.0202 e. The van der Waals surface area contributed by atoms with E-state index < -0.39 is 0 Å². The first-order valence-corrected chi connectivity index (χ1v) is 16.9. The third-order valence-electron chi connectivity index (χ3n) is 8.82. The molecule has 0 aliphatic carbocycles. The van der Waals surface area contributed by atoms with Crippen LogP contribution in [0.3, 0.4) is 0 Å². The molecule has 0 bridgehead atoms. The summed E-state index contributed by atoms with van der Waals surface area (Å²) in [5.41, 5.74) is 3.23. The van der Waals surface area contributed by atoms with Crippen LogP contribution in [-0.2, 0) is 5.41 Å². The first kappa shape index (κ1) is 32.7. The highest BCUT2D eigenvalue weighted by molar-refractivity contribution is 5.39. The zero-order chi connectivity index (χ0) is 27.0. The highest BCUT2D eigenvalue weighted by Gasteiger charge is 2.33. The van der Waals surface area contributed by atoms with Crippen molar-refractivity contribution in [1.82, 2.24) is 0 Å². The molecule has 0 saturated heterocycles. The molecule has 0 saturated carbocycles. The van der Waals surface area contributed by atoms with Gasteiger partial charge in [-0.1, -0.05) is 209 Å². The third-order valence-corrected chi connectivity index (χ3v) is 8.82. The van der Waals surface area contributed by atoms with Gasteiger partial charge in [0, 0.05) is 5.41 Å². The number of benzene rings is 2. The van der Waals surface area contributed by atoms with Crippen LogP contribution in [0.25, 0.3) is 0 Å². The van der Waals surface area contributed by atoms with Gasteiger partial charge < -0.3 is 0 Å². The molecule has 0 aliphatic rings. The fourth-order valence-electron chi connectivity index (χ4n) is 6.39. The van der Waals surface area contributed by atoms with E-state index in [4.69, 9.17) is 0 Å². The fraction of sp³-hybridized carbons (Fsp3) is 0.684. The molecule has 38 heavy (non-hydrogen) atoms. The molecule has 0 atom stereocenters. The predicted molar refractivity (Wildman–Crippen MR) is 171 cm³/mol. The highest BCUT2D eigenvalue weighted by Crippen LogP contribution is 2.42. The summed E-state index contributed by atoms with van der Waals surface area (Å²) in [5.74, 6) is 0. The van der Waals surface area contributed by atoms with Crippen molar-refractivity contribution in [3.05, 3.63) is 71.8 Å². The lowest BCUT2D eigenvalue weighted by Gasteiger charge is -2.36. The van der Waals surface area contributed by atoms with E-state index in [-0.39, 0.29) is 5.41 Å². The molecule has 0 unspecified atom stereocenters. The molecule has 2 aromatic carbocycles. The Hall–Kier alpha value is -1.56. The van der Waals surface area contributed by atoms with Gasteiger partial charge in [0.05, 0.1) is 0 Å². The van der Waals surface area contributed by atoms with Gasteiger partial charge in [-0.25, -0.2) is 0 Å². The van der Waals surface area contributed by atoms with Crippen molar-refractivity contribution in [2.45, 2.75) is 167 Å². The van der Waals surface area contributed by atoms with E-state index in [1.165, 1.54) is 159 Å². The quantitative estimate of drug-likeness (QED) is 0.115. The second-order valence-corrected chi connectivity index (χ2v) is 12.0. The molecule has 0 aromatic heterocycles. The average Bonchev–Trinajstić information content (AvgIpc) is 2.96. The predicted octanol–water partition coefficient (Wildman–Crippen LogP) is 13.0. The Morgan fingerprint density at radius 2 is 0.605 bits per heavy atom. The van der Waals surface area contributed by atoms with E-state index in [1.54, 1.807) is 0 Å². The van der Waals surface area contributed by atoms with E-state index in [0.717, 1.165) is 0 Å². The number of unbranched alkanes of at least 4 members (excludes halogenated alkanes) is 19. The molecule has 2 rings (SSSR count). The first-order valence-electron chi connectivity index (χ1n) is 16.9. The Morgan fingerprint density at radius 1 is 0.342 bits per heavy atom. The molecule has 0 nitrogen and oxygen atoms in total. The van der Waals surface area contributed by atoms with Gasteiger partial charge in [0.1, 0.15) is 0 Å². The van der Waals surface area contributed by atoms with Crippen LogP contribution in [0.1, 0.15) is 173 Å². The van der Waals surface area contributed by atoms with Gasteiger partial charge in [0.25, 0.3) is 0 Å². The minimum absolute atomic E-state index is 0.171. The second kappa shape index (κ2) is 22.3. The fourth-order valence-corrected chi connectivity index (χ4v) is 6.39. The highest BCUT2D eigenvalue weighted by atomic mass is 14.4. The van der Waals surface area contributed by atoms with Crippen molar-refractivity contribution >= 4 is 0 Å². The topological polar surface area (TPSA) is 0 Å². The lowest BCUT2D eigenvalue weighted by atomic mass is 9.68. The van der Waals surface area contributed by atoms with Crippen LogP contribution in [0.4, 0.5) is 0 Å². The Morgan fingerprint density at radius 3 is 0.895 bits per heavy atom. The maximum atomic E-state index is 2.39. The monoisotopic (exact) mass is 518 g/mol. The largest absolute Gasteiger partial charge is 0.0654 e. The third kappa shape index (κ3) is 13.5. The summed E-state index contributed by atoms with van der Waals surface area (Å²) >= 11 is 0. The van der Waals surface area contributed by atoms with E-state index >= 15 is 0 Å². The van der Waals surface area contributed by atoms with Gasteiger partial charge in [-0.05, 0) is 24.0 Å². The molecular formula is C38H62. The molecule has 0 spiro atoms. The second-order valence-electron chi connectivity index (χ2n) is 12.0. The van der Waals surface area contributed by atoms with Gasteiger partial charge >= 0.3 is 0 Å². The van der Waals surface area contributed by atoms with Gasteiger partial charge in [0.2, 0.25) is 0 Å². The van der Waals surface area contributed by atoms with Crippen molar-refractivity contribution in [2.24, 2.45) is 0 Å². The summed E-state index contributed by atoms with van der Waals surface area (Å²) in [6.45, 7) is 4.62. The van der Waals surface area contributed by atoms with Gasteiger partial charge in [-0.2, -0.15) is 0 Å². The van der Waals surface area contributed by atoms with Crippen LogP contribution in [0, 0.1) is 0 Å². The van der Waals surface area contributed by atoms with E-state index in [9.17, 15) is 0 Å². The minimum atomic E-state index is 0.171. The summed E-state index contributed by atoms with van der Waals surface area (Å²) in [4.78, 5) is 0. The van der Waals surface area contributed by atoms with Crippen molar-refractivity contribution in [3.8, 4) is 0 Å². The van der Waals surface area contributed by atoms with Gasteiger partial charge in [-0.3, -0.25) is 0 Å². The van der Waals surface area contributed by atoms with Crippen molar-refractivity contribution in [1.29, 1.82) is 0 Å². The molecule has 0 heterocycles. The first-order chi connectivity index (χ1) is 18.8. The van der Waals surface area contributed by atoms with Crippen LogP contribution >= 0.6 is 0 Å².